The largest absolute Gasteiger partial charge is 0.335 e. The third kappa shape index (κ3) is 3.19. The highest BCUT2D eigenvalue weighted by Crippen LogP contribution is 2.19. The summed E-state index contributed by atoms with van der Waals surface area (Å²) in [5.41, 5.74) is 1.16. The summed E-state index contributed by atoms with van der Waals surface area (Å²) in [6.07, 6.45) is 4.35. The molecule has 2 amide bonds. The van der Waals surface area contributed by atoms with Crippen molar-refractivity contribution < 1.29 is 9.18 Å². The standard InChI is InChI=1S/C13H17FN2O/c1-9-6-7-11(14)12(8-9)16-13(17)15-10-4-2-3-5-10/h6-8,10H,2-5H2,1H3,(H2,15,16,17). The first-order valence-electron chi connectivity index (χ1n) is 5.99. The van der Waals surface area contributed by atoms with E-state index in [0.29, 0.717) is 0 Å². The first-order chi connectivity index (χ1) is 8.15. The lowest BCUT2D eigenvalue weighted by Gasteiger charge is -2.13. The molecule has 3 nitrogen and oxygen atoms in total. The maximum atomic E-state index is 13.4. The van der Waals surface area contributed by atoms with E-state index in [1.54, 1.807) is 12.1 Å². The van der Waals surface area contributed by atoms with Gasteiger partial charge in [-0.25, -0.2) is 9.18 Å². The summed E-state index contributed by atoms with van der Waals surface area (Å²) in [5, 5.41) is 5.41. The second-order valence-electron chi connectivity index (χ2n) is 4.56. The van der Waals surface area contributed by atoms with Crippen LogP contribution in [0.1, 0.15) is 31.2 Å². The first kappa shape index (κ1) is 11.9. The molecule has 2 N–H and O–H groups in total. The number of carbonyl (C=O) groups excluding carboxylic acids is 1. The van der Waals surface area contributed by atoms with E-state index in [0.717, 1.165) is 31.2 Å². The third-order valence-corrected chi connectivity index (χ3v) is 3.06. The van der Waals surface area contributed by atoms with Crippen LogP contribution in [0.4, 0.5) is 14.9 Å². The van der Waals surface area contributed by atoms with E-state index in [1.807, 2.05) is 6.92 Å². The second-order valence-corrected chi connectivity index (χ2v) is 4.56. The van der Waals surface area contributed by atoms with Crippen LogP contribution < -0.4 is 10.6 Å². The molecule has 1 aromatic carbocycles. The van der Waals surface area contributed by atoms with Crippen molar-refractivity contribution >= 4 is 11.7 Å². The minimum absolute atomic E-state index is 0.237. The van der Waals surface area contributed by atoms with Gasteiger partial charge in [-0.15, -0.1) is 0 Å². The Kier molecular flexibility index (Phi) is 3.61. The Morgan fingerprint density at radius 1 is 1.35 bits per heavy atom. The van der Waals surface area contributed by atoms with Gasteiger partial charge in [0.15, 0.2) is 0 Å². The van der Waals surface area contributed by atoms with Gasteiger partial charge in [0.1, 0.15) is 5.82 Å². The van der Waals surface area contributed by atoms with E-state index in [1.165, 1.54) is 6.07 Å². The van der Waals surface area contributed by atoms with Crippen LogP contribution in [0.3, 0.4) is 0 Å². The number of benzene rings is 1. The summed E-state index contributed by atoms with van der Waals surface area (Å²) in [6, 6.07) is 4.59. The van der Waals surface area contributed by atoms with Gasteiger partial charge in [-0.2, -0.15) is 0 Å². The number of aryl methyl sites for hydroxylation is 1. The van der Waals surface area contributed by atoms with E-state index < -0.39 is 5.82 Å². The summed E-state index contributed by atoms with van der Waals surface area (Å²) < 4.78 is 13.4. The third-order valence-electron chi connectivity index (χ3n) is 3.06. The number of anilines is 1. The average molecular weight is 236 g/mol. The van der Waals surface area contributed by atoms with Crippen molar-refractivity contribution in [3.63, 3.8) is 0 Å². The monoisotopic (exact) mass is 236 g/mol. The molecule has 0 saturated heterocycles. The quantitative estimate of drug-likeness (QED) is 0.813. The fraction of sp³-hybridized carbons (Fsp3) is 0.462. The first-order valence-corrected chi connectivity index (χ1v) is 5.99. The Morgan fingerprint density at radius 2 is 2.06 bits per heavy atom. The van der Waals surface area contributed by atoms with Crippen molar-refractivity contribution in [2.45, 2.75) is 38.6 Å². The van der Waals surface area contributed by atoms with Gasteiger partial charge in [0, 0.05) is 6.04 Å². The molecule has 0 bridgehead atoms. The van der Waals surface area contributed by atoms with Crippen LogP contribution in [-0.2, 0) is 0 Å². The smallest absolute Gasteiger partial charge is 0.319 e. The Hall–Kier alpha value is -1.58. The van der Waals surface area contributed by atoms with Crippen molar-refractivity contribution in [1.29, 1.82) is 0 Å². The zero-order valence-electron chi connectivity index (χ0n) is 9.92. The molecule has 1 aliphatic rings. The van der Waals surface area contributed by atoms with E-state index in [4.69, 9.17) is 0 Å². The van der Waals surface area contributed by atoms with Gasteiger partial charge < -0.3 is 10.6 Å². The lowest BCUT2D eigenvalue weighted by molar-refractivity contribution is 0.248. The Bertz CT molecular complexity index is 414. The van der Waals surface area contributed by atoms with Crippen molar-refractivity contribution in [3.05, 3.63) is 29.6 Å². The van der Waals surface area contributed by atoms with Crippen LogP contribution in [0.2, 0.25) is 0 Å². The molecule has 1 aromatic rings. The van der Waals surface area contributed by atoms with E-state index in [-0.39, 0.29) is 17.8 Å². The zero-order chi connectivity index (χ0) is 12.3. The Balaban J connectivity index is 1.95. The lowest BCUT2D eigenvalue weighted by Crippen LogP contribution is -2.36. The molecule has 4 heteroatoms. The molecule has 17 heavy (non-hydrogen) atoms. The number of amides is 2. The number of nitrogens with one attached hydrogen (secondary N) is 2. The molecule has 2 rings (SSSR count). The SMILES string of the molecule is Cc1ccc(F)c(NC(=O)NC2CCCC2)c1. The van der Waals surface area contributed by atoms with Crippen molar-refractivity contribution in [1.82, 2.24) is 5.32 Å². The zero-order valence-corrected chi connectivity index (χ0v) is 9.92. The summed E-state index contributed by atoms with van der Waals surface area (Å²) in [5.74, 6) is -0.405. The van der Waals surface area contributed by atoms with Gasteiger partial charge in [0.2, 0.25) is 0 Å². The summed E-state index contributed by atoms with van der Waals surface area (Å²) in [4.78, 5) is 11.6. The molecule has 0 unspecified atom stereocenters. The average Bonchev–Trinajstić information content (AvgIpc) is 2.76. The molecule has 0 spiro atoms. The fourth-order valence-corrected chi connectivity index (χ4v) is 2.15. The molecule has 0 aromatic heterocycles. The second kappa shape index (κ2) is 5.17. The van der Waals surface area contributed by atoms with Gasteiger partial charge in [-0.05, 0) is 37.5 Å². The Morgan fingerprint density at radius 3 is 2.76 bits per heavy atom. The highest BCUT2D eigenvalue weighted by atomic mass is 19.1. The highest BCUT2D eigenvalue weighted by molar-refractivity contribution is 5.89. The fourth-order valence-electron chi connectivity index (χ4n) is 2.15. The van der Waals surface area contributed by atoms with Gasteiger partial charge in [0.25, 0.3) is 0 Å². The van der Waals surface area contributed by atoms with E-state index >= 15 is 0 Å². The van der Waals surface area contributed by atoms with Crippen LogP contribution in [0, 0.1) is 12.7 Å². The van der Waals surface area contributed by atoms with Gasteiger partial charge >= 0.3 is 6.03 Å². The number of carbonyl (C=O) groups is 1. The topological polar surface area (TPSA) is 41.1 Å². The van der Waals surface area contributed by atoms with Crippen LogP contribution >= 0.6 is 0 Å². The van der Waals surface area contributed by atoms with Crippen molar-refractivity contribution in [3.8, 4) is 0 Å². The summed E-state index contributed by atoms with van der Waals surface area (Å²) in [7, 11) is 0. The number of hydrogen-bond acceptors (Lipinski definition) is 1. The van der Waals surface area contributed by atoms with E-state index in [2.05, 4.69) is 10.6 Å². The molecule has 0 heterocycles. The summed E-state index contributed by atoms with van der Waals surface area (Å²) in [6.45, 7) is 1.86. The number of hydrogen-bond donors (Lipinski definition) is 2. The molecule has 92 valence electrons. The number of urea groups is 1. The summed E-state index contributed by atoms with van der Waals surface area (Å²) >= 11 is 0. The number of rotatable bonds is 2. The molecule has 1 saturated carbocycles. The highest BCUT2D eigenvalue weighted by Gasteiger charge is 2.17. The molecule has 0 atom stereocenters. The van der Waals surface area contributed by atoms with Gasteiger partial charge in [0.05, 0.1) is 5.69 Å². The van der Waals surface area contributed by atoms with Crippen LogP contribution in [-0.4, -0.2) is 12.1 Å². The molecule has 0 aliphatic heterocycles. The lowest BCUT2D eigenvalue weighted by atomic mass is 10.2. The van der Waals surface area contributed by atoms with Crippen molar-refractivity contribution in [2.24, 2.45) is 0 Å². The van der Waals surface area contributed by atoms with Crippen molar-refractivity contribution in [2.75, 3.05) is 5.32 Å². The van der Waals surface area contributed by atoms with Gasteiger partial charge in [-0.1, -0.05) is 18.9 Å². The van der Waals surface area contributed by atoms with Crippen LogP contribution in [0.25, 0.3) is 0 Å². The minimum atomic E-state index is -0.405. The molecular formula is C13H17FN2O. The van der Waals surface area contributed by atoms with E-state index in [9.17, 15) is 9.18 Å². The Labute approximate surface area is 100 Å². The molecule has 1 aliphatic carbocycles. The van der Waals surface area contributed by atoms with Crippen LogP contribution in [0.15, 0.2) is 18.2 Å². The number of halogens is 1. The minimum Gasteiger partial charge on any atom is -0.335 e. The van der Waals surface area contributed by atoms with Crippen LogP contribution in [0.5, 0.6) is 0 Å². The normalized spacial score (nSPS) is 15.9. The van der Waals surface area contributed by atoms with Gasteiger partial charge in [-0.3, -0.25) is 0 Å². The maximum Gasteiger partial charge on any atom is 0.319 e. The molecular weight excluding hydrogens is 219 g/mol. The predicted octanol–water partition coefficient (Wildman–Crippen LogP) is 3.20. The molecule has 1 fully saturated rings. The predicted molar refractivity (Wildman–Crippen MR) is 65.5 cm³/mol. The molecule has 0 radical (unpaired) electrons. The maximum absolute atomic E-state index is 13.4.